The zero-order chi connectivity index (χ0) is 26.1. The maximum absolute atomic E-state index is 13.2. The molecular formula is C22H22N7O6S2+. The van der Waals surface area contributed by atoms with Crippen molar-refractivity contribution >= 4 is 57.6 Å². The lowest BCUT2D eigenvalue weighted by atomic mass is 10.0. The van der Waals surface area contributed by atoms with Gasteiger partial charge in [0.05, 0.1) is 0 Å². The van der Waals surface area contributed by atoms with Crippen molar-refractivity contribution in [3.8, 4) is 0 Å². The highest BCUT2D eigenvalue weighted by atomic mass is 32.2. The van der Waals surface area contributed by atoms with Gasteiger partial charge in [-0.1, -0.05) is 11.2 Å². The molecule has 2 aromatic rings. The van der Waals surface area contributed by atoms with E-state index in [1.807, 2.05) is 35.2 Å². The summed E-state index contributed by atoms with van der Waals surface area (Å²) in [5.74, 6) is -2.49. The average Bonchev–Trinajstić information content (AvgIpc) is 3.50. The molecule has 3 aliphatic heterocycles. The number of aromatic nitrogens is 2. The van der Waals surface area contributed by atoms with Crippen LogP contribution in [0.4, 0.5) is 5.13 Å². The third-order valence-electron chi connectivity index (χ3n) is 5.94. The van der Waals surface area contributed by atoms with Crippen molar-refractivity contribution in [1.29, 1.82) is 0 Å². The van der Waals surface area contributed by atoms with Gasteiger partial charge in [-0.3, -0.25) is 19.3 Å². The molecule has 2 aromatic heterocycles. The Bertz CT molecular complexity index is 1330. The summed E-state index contributed by atoms with van der Waals surface area (Å²) in [6.07, 6.45) is 3.16. The number of hydrogen-bond donors (Lipinski definition) is 4. The number of carboxylic acid groups (broad SMARTS) is 1. The van der Waals surface area contributed by atoms with Crippen LogP contribution in [0.1, 0.15) is 12.1 Å². The Hall–Kier alpha value is -3.98. The fourth-order valence-corrected chi connectivity index (χ4v) is 6.05. The molecule has 0 bridgehead atoms. The Labute approximate surface area is 218 Å². The zero-order valence-corrected chi connectivity index (χ0v) is 20.8. The van der Waals surface area contributed by atoms with Gasteiger partial charge in [0.15, 0.2) is 29.8 Å². The molecule has 15 heteroatoms. The van der Waals surface area contributed by atoms with Crippen molar-refractivity contribution in [3.05, 3.63) is 52.9 Å². The van der Waals surface area contributed by atoms with Gasteiger partial charge in [0.25, 0.3) is 17.7 Å². The molecule has 5 heterocycles. The fraction of sp³-hybridized carbons (Fsp3) is 0.318. The highest BCUT2D eigenvalue weighted by molar-refractivity contribution is 8.00. The number of nitrogen functional groups attached to an aromatic ring is 1. The smallest absolute Gasteiger partial charge is 0.352 e. The van der Waals surface area contributed by atoms with Gasteiger partial charge in [0.2, 0.25) is 6.10 Å². The van der Waals surface area contributed by atoms with E-state index < -0.39 is 35.3 Å². The molecule has 2 fully saturated rings. The topological polar surface area (TPSA) is 180 Å². The SMILES string of the molecule is Nc1nc(/C(=N/O[C@H]2CCNC2=O)C(=O)N[C@@H]2C(=O)N3C(C(=O)O)=C(C[n+]4ccccc4)CS[C@H]23)cs1. The van der Waals surface area contributed by atoms with E-state index >= 15 is 0 Å². The summed E-state index contributed by atoms with van der Waals surface area (Å²) in [6.45, 7) is 0.747. The van der Waals surface area contributed by atoms with Crippen LogP contribution in [0.2, 0.25) is 0 Å². The van der Waals surface area contributed by atoms with Crippen molar-refractivity contribution in [3.63, 3.8) is 0 Å². The van der Waals surface area contributed by atoms with Crippen LogP contribution in [-0.2, 0) is 30.6 Å². The number of rotatable bonds is 8. The van der Waals surface area contributed by atoms with Gasteiger partial charge in [-0.15, -0.1) is 23.1 Å². The molecule has 3 atom stereocenters. The first-order chi connectivity index (χ1) is 17.8. The third kappa shape index (κ3) is 4.86. The molecule has 37 heavy (non-hydrogen) atoms. The third-order valence-corrected chi connectivity index (χ3v) is 7.95. The number of β-lactam (4-membered cyclic amide) rings is 1. The van der Waals surface area contributed by atoms with Crippen molar-refractivity contribution in [2.75, 3.05) is 18.0 Å². The number of carboxylic acids is 1. The molecule has 0 unspecified atom stereocenters. The summed E-state index contributed by atoms with van der Waals surface area (Å²) < 4.78 is 1.83. The number of thiazole rings is 1. The van der Waals surface area contributed by atoms with Gasteiger partial charge in [0.1, 0.15) is 22.8 Å². The van der Waals surface area contributed by atoms with Gasteiger partial charge < -0.3 is 26.3 Å². The molecule has 2 saturated heterocycles. The Kier molecular flexibility index (Phi) is 6.80. The Morgan fingerprint density at radius 1 is 1.32 bits per heavy atom. The van der Waals surface area contributed by atoms with Crippen LogP contribution in [-0.4, -0.2) is 74.2 Å². The lowest BCUT2D eigenvalue weighted by molar-refractivity contribution is -0.689. The maximum Gasteiger partial charge on any atom is 0.352 e. The lowest BCUT2D eigenvalue weighted by Gasteiger charge is -2.49. The molecular weight excluding hydrogens is 522 g/mol. The first-order valence-corrected chi connectivity index (χ1v) is 13.1. The number of aliphatic carboxylic acids is 1. The van der Waals surface area contributed by atoms with E-state index in [1.54, 1.807) is 0 Å². The number of nitrogens with two attached hydrogens (primary N) is 1. The minimum atomic E-state index is -1.21. The summed E-state index contributed by atoms with van der Waals surface area (Å²) in [4.78, 5) is 60.7. The van der Waals surface area contributed by atoms with E-state index in [4.69, 9.17) is 10.6 Å². The van der Waals surface area contributed by atoms with Crippen LogP contribution in [0.25, 0.3) is 0 Å². The van der Waals surface area contributed by atoms with Gasteiger partial charge in [0, 0.05) is 41.8 Å². The number of anilines is 1. The van der Waals surface area contributed by atoms with Gasteiger partial charge in [-0.05, 0) is 0 Å². The van der Waals surface area contributed by atoms with E-state index in [2.05, 4.69) is 20.8 Å². The number of carbonyl (C=O) groups excluding carboxylic acids is 3. The lowest BCUT2D eigenvalue weighted by Crippen LogP contribution is -2.71. The fourth-order valence-electron chi connectivity index (χ4n) is 4.16. The summed E-state index contributed by atoms with van der Waals surface area (Å²) in [5, 5.41) is 20.1. The van der Waals surface area contributed by atoms with Gasteiger partial charge >= 0.3 is 5.97 Å². The second kappa shape index (κ2) is 10.2. The predicted octanol–water partition coefficient (Wildman–Crippen LogP) is -0.939. The largest absolute Gasteiger partial charge is 0.477 e. The molecule has 0 spiro atoms. The second-order valence-corrected chi connectivity index (χ2v) is 10.3. The minimum absolute atomic E-state index is 0.0765. The van der Waals surface area contributed by atoms with Gasteiger partial charge in [-0.2, -0.15) is 0 Å². The first-order valence-electron chi connectivity index (χ1n) is 11.2. The van der Waals surface area contributed by atoms with Crippen molar-refractivity contribution in [1.82, 2.24) is 20.5 Å². The molecule has 0 aliphatic carbocycles. The molecule has 192 valence electrons. The molecule has 5 rings (SSSR count). The normalized spacial score (nSPS) is 23.3. The van der Waals surface area contributed by atoms with Crippen LogP contribution < -0.4 is 20.9 Å². The molecule has 3 aliphatic rings. The molecule has 3 amide bonds. The van der Waals surface area contributed by atoms with E-state index in [9.17, 15) is 24.3 Å². The van der Waals surface area contributed by atoms with Crippen molar-refractivity contribution < 1.29 is 33.7 Å². The van der Waals surface area contributed by atoms with Crippen LogP contribution in [0.3, 0.4) is 0 Å². The van der Waals surface area contributed by atoms with Crippen molar-refractivity contribution in [2.45, 2.75) is 30.5 Å². The van der Waals surface area contributed by atoms with Crippen molar-refractivity contribution in [2.24, 2.45) is 5.16 Å². The van der Waals surface area contributed by atoms with Crippen LogP contribution >= 0.6 is 23.1 Å². The summed E-state index contributed by atoms with van der Waals surface area (Å²) >= 11 is 2.45. The van der Waals surface area contributed by atoms with E-state index in [1.165, 1.54) is 22.0 Å². The number of oxime groups is 1. The number of carbonyl (C=O) groups is 4. The molecule has 13 nitrogen and oxygen atoms in total. The van der Waals surface area contributed by atoms with Crippen LogP contribution in [0.15, 0.2) is 52.4 Å². The number of amides is 3. The van der Waals surface area contributed by atoms with E-state index in [0.29, 0.717) is 30.8 Å². The maximum atomic E-state index is 13.2. The van der Waals surface area contributed by atoms with Crippen LogP contribution in [0.5, 0.6) is 0 Å². The molecule has 0 aromatic carbocycles. The average molecular weight is 545 g/mol. The van der Waals surface area contributed by atoms with E-state index in [-0.39, 0.29) is 28.1 Å². The quantitative estimate of drug-likeness (QED) is 0.141. The molecule has 0 radical (unpaired) electrons. The standard InChI is InChI=1S/C22H21N7O6S2/c23-22-25-12(10-37-22)14(27-35-13-4-5-24-17(13)30)18(31)26-15-19(32)29-16(21(33)34)11(9-36-20(15)29)8-28-6-2-1-3-7-28/h1-3,6-7,10,13,15,20H,4-5,8-9H2,(H4-,23,24,25,26,30,31,33,34)/p+1/b27-14-/t13-,15+,20+/m0/s1. The monoisotopic (exact) mass is 544 g/mol. The predicted molar refractivity (Wildman–Crippen MR) is 132 cm³/mol. The van der Waals surface area contributed by atoms with Gasteiger partial charge in [-0.25, -0.2) is 14.3 Å². The Morgan fingerprint density at radius 2 is 2.11 bits per heavy atom. The summed E-state index contributed by atoms with van der Waals surface area (Å²) in [7, 11) is 0. The number of pyridine rings is 1. The van der Waals surface area contributed by atoms with E-state index in [0.717, 1.165) is 11.3 Å². The summed E-state index contributed by atoms with van der Waals surface area (Å²) in [6, 6.07) is 4.54. The highest BCUT2D eigenvalue weighted by Gasteiger charge is 2.54. The highest BCUT2D eigenvalue weighted by Crippen LogP contribution is 2.40. The van der Waals surface area contributed by atoms with Crippen LogP contribution in [0, 0.1) is 0 Å². The number of thioether (sulfide) groups is 1. The minimum Gasteiger partial charge on any atom is -0.477 e. The zero-order valence-electron chi connectivity index (χ0n) is 19.2. The summed E-state index contributed by atoms with van der Waals surface area (Å²) in [5.41, 5.74) is 6.11. The molecule has 5 N–H and O–H groups in total. The Morgan fingerprint density at radius 3 is 2.76 bits per heavy atom. The first kappa shape index (κ1) is 24.7. The Balaban J connectivity index is 1.34. The number of hydrogen-bond acceptors (Lipinski definition) is 10. The second-order valence-electron chi connectivity index (χ2n) is 8.35. The number of nitrogens with one attached hydrogen (secondary N) is 2. The number of nitrogens with zero attached hydrogens (tertiary/aromatic N) is 4. The number of fused-ring (bicyclic) bond motifs is 1. The molecule has 0 saturated carbocycles.